The molecule has 0 bridgehead atoms. The van der Waals surface area contributed by atoms with Crippen LogP contribution in [-0.2, 0) is 0 Å². The zero-order valence-electron chi connectivity index (χ0n) is 11.6. The molecule has 7 nitrogen and oxygen atoms in total. The van der Waals surface area contributed by atoms with Gasteiger partial charge >= 0.3 is 6.01 Å². The van der Waals surface area contributed by atoms with Crippen molar-refractivity contribution in [2.45, 2.75) is 32.3 Å². The molecular weight excluding hydrogens is 288 g/mol. The van der Waals surface area contributed by atoms with E-state index in [4.69, 9.17) is 10.5 Å². The minimum absolute atomic E-state index is 0.0998. The van der Waals surface area contributed by atoms with Gasteiger partial charge in [0.15, 0.2) is 5.65 Å². The summed E-state index contributed by atoms with van der Waals surface area (Å²) in [6.07, 6.45) is 6.38. The first-order valence-electron chi connectivity index (χ1n) is 6.79. The number of thiazole rings is 1. The Morgan fingerprint density at radius 2 is 2.29 bits per heavy atom. The van der Waals surface area contributed by atoms with Crippen LogP contribution in [-0.4, -0.2) is 25.1 Å². The lowest BCUT2D eigenvalue weighted by Crippen LogP contribution is -2.09. The summed E-state index contributed by atoms with van der Waals surface area (Å²) in [4.78, 5) is 13.7. The Labute approximate surface area is 125 Å². The third kappa shape index (κ3) is 2.94. The maximum absolute atomic E-state index is 5.94. The molecule has 1 atom stereocenters. The first-order valence-corrected chi connectivity index (χ1v) is 7.67. The molecule has 0 spiro atoms. The van der Waals surface area contributed by atoms with Crippen LogP contribution in [0.2, 0.25) is 0 Å². The van der Waals surface area contributed by atoms with Gasteiger partial charge in [0.1, 0.15) is 11.9 Å². The van der Waals surface area contributed by atoms with Gasteiger partial charge in [0.05, 0.1) is 22.0 Å². The number of anilines is 1. The second-order valence-electron chi connectivity index (χ2n) is 4.68. The Hall–Kier alpha value is -2.22. The highest BCUT2D eigenvalue weighted by atomic mass is 32.1. The van der Waals surface area contributed by atoms with E-state index in [2.05, 4.69) is 32.1 Å². The predicted molar refractivity (Wildman–Crippen MR) is 81.1 cm³/mol. The van der Waals surface area contributed by atoms with E-state index in [9.17, 15) is 0 Å². The maximum Gasteiger partial charge on any atom is 0.321 e. The van der Waals surface area contributed by atoms with E-state index in [1.807, 2.05) is 6.20 Å². The third-order valence-corrected chi connectivity index (χ3v) is 4.02. The lowest BCUT2D eigenvalue weighted by molar-refractivity contribution is 0.179. The largest absolute Gasteiger partial charge is 0.454 e. The number of nitrogens with two attached hydrogens (primary N) is 1. The highest BCUT2D eigenvalue weighted by Crippen LogP contribution is 2.28. The van der Waals surface area contributed by atoms with Crippen LogP contribution < -0.4 is 10.5 Å². The van der Waals surface area contributed by atoms with Crippen molar-refractivity contribution in [3.8, 4) is 6.01 Å². The summed E-state index contributed by atoms with van der Waals surface area (Å²) in [6, 6.07) is 0.263. The molecule has 0 aliphatic carbocycles. The number of aromatic nitrogens is 5. The van der Waals surface area contributed by atoms with Gasteiger partial charge in [0.2, 0.25) is 0 Å². The van der Waals surface area contributed by atoms with E-state index >= 15 is 0 Å². The maximum atomic E-state index is 5.94. The van der Waals surface area contributed by atoms with Gasteiger partial charge in [0, 0.05) is 6.20 Å². The molecule has 0 saturated heterocycles. The number of H-pyrrole nitrogens is 1. The van der Waals surface area contributed by atoms with Gasteiger partial charge < -0.3 is 10.5 Å². The van der Waals surface area contributed by atoms with E-state index < -0.39 is 0 Å². The number of nitrogens with zero attached hydrogens (tertiary/aromatic N) is 4. The van der Waals surface area contributed by atoms with Crippen molar-refractivity contribution in [3.05, 3.63) is 22.8 Å². The third-order valence-electron chi connectivity index (χ3n) is 3.16. The normalized spacial score (nSPS) is 12.6. The number of nitrogen functional groups attached to an aromatic ring is 1. The standard InChI is InChI=1S/C13H16N6OS/c1-2-3-4-9(10-6-15-7-21-10)20-13-17-11(14)8-5-16-19-12(8)18-13/h5-7,9H,2-4H2,1H3,(H3,14,16,17,18,19). The Morgan fingerprint density at radius 1 is 1.38 bits per heavy atom. The van der Waals surface area contributed by atoms with Crippen LogP contribution in [0, 0.1) is 0 Å². The van der Waals surface area contributed by atoms with Crippen LogP contribution in [0.5, 0.6) is 6.01 Å². The number of hydrogen-bond acceptors (Lipinski definition) is 7. The lowest BCUT2D eigenvalue weighted by atomic mass is 10.1. The van der Waals surface area contributed by atoms with Crippen LogP contribution in [0.15, 0.2) is 17.9 Å². The molecule has 0 radical (unpaired) electrons. The average Bonchev–Trinajstić information content (AvgIpc) is 3.14. The number of ether oxygens (including phenoxy) is 1. The van der Waals surface area contributed by atoms with E-state index in [1.54, 1.807) is 23.0 Å². The van der Waals surface area contributed by atoms with Crippen LogP contribution in [0.25, 0.3) is 11.0 Å². The van der Waals surface area contributed by atoms with Gasteiger partial charge in [-0.25, -0.2) is 0 Å². The quantitative estimate of drug-likeness (QED) is 0.725. The zero-order chi connectivity index (χ0) is 14.7. The fraction of sp³-hybridized carbons (Fsp3) is 0.385. The monoisotopic (exact) mass is 304 g/mol. The number of unbranched alkanes of at least 4 members (excludes halogenated alkanes) is 1. The van der Waals surface area contributed by atoms with Crippen molar-refractivity contribution in [2.24, 2.45) is 0 Å². The lowest BCUT2D eigenvalue weighted by Gasteiger charge is -2.16. The first-order chi connectivity index (χ1) is 10.3. The fourth-order valence-corrected chi connectivity index (χ4v) is 2.73. The second kappa shape index (κ2) is 6.04. The Bertz CT molecular complexity index is 711. The fourth-order valence-electron chi connectivity index (χ4n) is 2.05. The predicted octanol–water partition coefficient (Wildman–Crippen LogP) is 2.70. The van der Waals surface area contributed by atoms with Crippen molar-refractivity contribution in [1.29, 1.82) is 0 Å². The van der Waals surface area contributed by atoms with Crippen molar-refractivity contribution < 1.29 is 4.74 Å². The summed E-state index contributed by atoms with van der Waals surface area (Å²) in [5.41, 5.74) is 8.27. The van der Waals surface area contributed by atoms with E-state index in [0.29, 0.717) is 16.9 Å². The first kappa shape index (κ1) is 13.7. The van der Waals surface area contributed by atoms with Gasteiger partial charge in [-0.1, -0.05) is 13.3 Å². The van der Waals surface area contributed by atoms with Gasteiger partial charge in [0.25, 0.3) is 0 Å². The molecule has 3 aromatic heterocycles. The van der Waals surface area contributed by atoms with Gasteiger partial charge in [-0.15, -0.1) is 11.3 Å². The van der Waals surface area contributed by atoms with Crippen molar-refractivity contribution in [1.82, 2.24) is 25.1 Å². The molecule has 0 saturated carbocycles. The van der Waals surface area contributed by atoms with Crippen molar-refractivity contribution in [3.63, 3.8) is 0 Å². The average molecular weight is 304 g/mol. The van der Waals surface area contributed by atoms with Crippen LogP contribution in [0.3, 0.4) is 0 Å². The zero-order valence-corrected chi connectivity index (χ0v) is 12.4. The van der Waals surface area contributed by atoms with Gasteiger partial charge in [-0.05, 0) is 12.8 Å². The van der Waals surface area contributed by atoms with Crippen molar-refractivity contribution >= 4 is 28.2 Å². The number of nitrogens with one attached hydrogen (secondary N) is 1. The van der Waals surface area contributed by atoms with Crippen LogP contribution in [0.4, 0.5) is 5.82 Å². The minimum Gasteiger partial charge on any atom is -0.454 e. The molecule has 3 rings (SSSR count). The second-order valence-corrected chi connectivity index (χ2v) is 5.59. The number of fused-ring (bicyclic) bond motifs is 1. The molecule has 3 N–H and O–H groups in total. The Kier molecular flexibility index (Phi) is 3.96. The molecule has 3 aromatic rings. The number of hydrogen-bond donors (Lipinski definition) is 2. The topological polar surface area (TPSA) is 103 Å². The molecule has 0 amide bonds. The molecule has 0 fully saturated rings. The molecular formula is C13H16N6OS. The molecule has 3 heterocycles. The molecule has 21 heavy (non-hydrogen) atoms. The highest BCUT2D eigenvalue weighted by Gasteiger charge is 2.17. The summed E-state index contributed by atoms with van der Waals surface area (Å²) in [6.45, 7) is 2.15. The van der Waals surface area contributed by atoms with E-state index in [-0.39, 0.29) is 12.1 Å². The van der Waals surface area contributed by atoms with E-state index in [1.165, 1.54) is 0 Å². The summed E-state index contributed by atoms with van der Waals surface area (Å²) in [5.74, 6) is 0.363. The Balaban J connectivity index is 1.86. The molecule has 0 aliphatic heterocycles. The Morgan fingerprint density at radius 3 is 3.05 bits per heavy atom. The molecule has 110 valence electrons. The van der Waals surface area contributed by atoms with Gasteiger partial charge in [-0.2, -0.15) is 15.1 Å². The van der Waals surface area contributed by atoms with Crippen molar-refractivity contribution in [2.75, 3.05) is 5.73 Å². The molecule has 0 aromatic carbocycles. The highest BCUT2D eigenvalue weighted by molar-refractivity contribution is 7.09. The van der Waals surface area contributed by atoms with Crippen LogP contribution >= 0.6 is 11.3 Å². The number of aromatic amines is 1. The van der Waals surface area contributed by atoms with Gasteiger partial charge in [-0.3, -0.25) is 10.1 Å². The minimum atomic E-state index is -0.0998. The smallest absolute Gasteiger partial charge is 0.321 e. The molecule has 8 heteroatoms. The number of rotatable bonds is 6. The SMILES string of the molecule is CCCCC(Oc1nc(N)c2cn[nH]c2n1)c1cncs1. The summed E-state index contributed by atoms with van der Waals surface area (Å²) in [5, 5.41) is 7.39. The van der Waals surface area contributed by atoms with E-state index in [0.717, 1.165) is 24.1 Å². The molecule has 1 unspecified atom stereocenters. The molecule has 0 aliphatic rings. The summed E-state index contributed by atoms with van der Waals surface area (Å²) >= 11 is 1.57. The van der Waals surface area contributed by atoms with Crippen LogP contribution in [0.1, 0.15) is 37.2 Å². The summed E-state index contributed by atoms with van der Waals surface area (Å²) < 4.78 is 5.94. The summed E-state index contributed by atoms with van der Waals surface area (Å²) in [7, 11) is 0.